The number of nitrogens with zero attached hydrogens (tertiary/aromatic N) is 5. The molecule has 0 aliphatic rings. The Balaban J connectivity index is 1.18. The summed E-state index contributed by atoms with van der Waals surface area (Å²) in [6, 6.07) is 73.6. The molecular formula is C60H43N5. The zero-order valence-electron chi connectivity index (χ0n) is 36.4. The Morgan fingerprint density at radius 2 is 0.877 bits per heavy atom. The van der Waals surface area contributed by atoms with Gasteiger partial charge in [0, 0.05) is 43.9 Å². The summed E-state index contributed by atoms with van der Waals surface area (Å²) < 4.78 is 4.79. The van der Waals surface area contributed by atoms with Crippen molar-refractivity contribution in [3.05, 3.63) is 223 Å². The maximum Gasteiger partial charge on any atom is 0.166 e. The molecule has 0 saturated heterocycles. The summed E-state index contributed by atoms with van der Waals surface area (Å²) in [5.41, 5.74) is 17.9. The van der Waals surface area contributed by atoms with E-state index in [-0.39, 0.29) is 0 Å². The largest absolute Gasteiger partial charge is 0.309 e. The van der Waals surface area contributed by atoms with E-state index in [0.717, 1.165) is 61.3 Å². The van der Waals surface area contributed by atoms with Crippen LogP contribution < -0.4 is 0 Å². The zero-order chi connectivity index (χ0) is 43.6. The lowest BCUT2D eigenvalue weighted by Gasteiger charge is -2.17. The smallest absolute Gasteiger partial charge is 0.166 e. The average molecular weight is 834 g/mol. The van der Waals surface area contributed by atoms with Gasteiger partial charge in [0.1, 0.15) is 0 Å². The van der Waals surface area contributed by atoms with Crippen molar-refractivity contribution in [1.82, 2.24) is 24.1 Å². The van der Waals surface area contributed by atoms with Gasteiger partial charge in [-0.3, -0.25) is 0 Å². The third-order valence-corrected chi connectivity index (χ3v) is 12.8. The molecule has 0 saturated carbocycles. The van der Waals surface area contributed by atoms with Gasteiger partial charge in [-0.05, 0) is 103 Å². The van der Waals surface area contributed by atoms with Crippen molar-refractivity contribution in [3.8, 4) is 67.8 Å². The molecule has 9 aromatic carbocycles. The molecule has 308 valence electrons. The number of para-hydroxylation sites is 3. The Morgan fingerprint density at radius 3 is 1.55 bits per heavy atom. The first kappa shape index (κ1) is 38.3. The van der Waals surface area contributed by atoms with Crippen LogP contribution in [0.25, 0.3) is 111 Å². The maximum absolute atomic E-state index is 5.38. The van der Waals surface area contributed by atoms with E-state index < -0.39 is 0 Å². The van der Waals surface area contributed by atoms with Gasteiger partial charge in [-0.2, -0.15) is 0 Å². The summed E-state index contributed by atoms with van der Waals surface area (Å²) in [5.74, 6) is 1.84. The van der Waals surface area contributed by atoms with Crippen molar-refractivity contribution in [1.29, 1.82) is 0 Å². The first-order valence-corrected chi connectivity index (χ1v) is 22.2. The number of benzene rings is 9. The minimum atomic E-state index is 0.598. The van der Waals surface area contributed by atoms with Gasteiger partial charge in [0.25, 0.3) is 0 Å². The van der Waals surface area contributed by atoms with Crippen LogP contribution in [0.15, 0.2) is 206 Å². The molecule has 0 radical (unpaired) electrons. The number of hydrogen-bond acceptors (Lipinski definition) is 3. The highest BCUT2D eigenvalue weighted by atomic mass is 15.1. The summed E-state index contributed by atoms with van der Waals surface area (Å²) in [6.45, 7) is 6.61. The number of fused-ring (bicyclic) bond motifs is 6. The van der Waals surface area contributed by atoms with Crippen molar-refractivity contribution in [2.75, 3.05) is 0 Å². The summed E-state index contributed by atoms with van der Waals surface area (Å²) in [4.78, 5) is 15.9. The second-order valence-corrected chi connectivity index (χ2v) is 17.0. The monoisotopic (exact) mass is 833 g/mol. The fraction of sp³-hybridized carbons (Fsp3) is 0.0500. The molecular weight excluding hydrogens is 791 g/mol. The van der Waals surface area contributed by atoms with Crippen LogP contribution in [0.2, 0.25) is 0 Å². The lowest BCUT2D eigenvalue weighted by molar-refractivity contribution is 1.06. The molecule has 0 aliphatic carbocycles. The van der Waals surface area contributed by atoms with Crippen molar-refractivity contribution in [3.63, 3.8) is 0 Å². The van der Waals surface area contributed by atoms with Crippen molar-refractivity contribution in [2.45, 2.75) is 20.8 Å². The topological polar surface area (TPSA) is 48.5 Å². The minimum Gasteiger partial charge on any atom is -0.309 e. The van der Waals surface area contributed by atoms with E-state index in [0.29, 0.717) is 17.5 Å². The molecule has 5 heteroatoms. The molecule has 0 spiro atoms. The molecule has 0 unspecified atom stereocenters. The second-order valence-electron chi connectivity index (χ2n) is 17.0. The molecule has 0 fully saturated rings. The molecule has 0 atom stereocenters. The molecule has 5 nitrogen and oxygen atoms in total. The van der Waals surface area contributed by atoms with Crippen LogP contribution in [0.4, 0.5) is 0 Å². The van der Waals surface area contributed by atoms with Gasteiger partial charge in [0.05, 0.1) is 27.8 Å². The Morgan fingerprint density at radius 1 is 0.338 bits per heavy atom. The Kier molecular flexibility index (Phi) is 9.09. The third-order valence-electron chi connectivity index (χ3n) is 12.8. The van der Waals surface area contributed by atoms with Gasteiger partial charge < -0.3 is 9.13 Å². The lowest BCUT2D eigenvalue weighted by Crippen LogP contribution is -2.04. The quantitative estimate of drug-likeness (QED) is 0.161. The Hall–Kier alpha value is -8.41. The van der Waals surface area contributed by atoms with Gasteiger partial charge in [-0.25, -0.2) is 15.0 Å². The normalized spacial score (nSPS) is 11.6. The molecule has 0 N–H and O–H groups in total. The highest BCUT2D eigenvalue weighted by molar-refractivity contribution is 6.16. The number of aromatic nitrogens is 5. The SMILES string of the molecule is Cc1cc(C)c(-c2ccc3c4ccccc4n(-c4ccc(-c5cccc6c5c5ccccc5n6-c5ccccc5)cc4-c4nc(-c5ccccc5)nc(-c5ccccc5)n4)c3c2)c(C)c1. The maximum atomic E-state index is 5.38. The molecule has 65 heavy (non-hydrogen) atoms. The van der Waals surface area contributed by atoms with Crippen LogP contribution in [-0.2, 0) is 0 Å². The predicted octanol–water partition coefficient (Wildman–Crippen LogP) is 15.3. The first-order chi connectivity index (χ1) is 32.0. The number of rotatable bonds is 7. The lowest BCUT2D eigenvalue weighted by atomic mass is 9.93. The minimum absolute atomic E-state index is 0.598. The van der Waals surface area contributed by atoms with E-state index in [1.807, 2.05) is 36.4 Å². The van der Waals surface area contributed by atoms with Crippen molar-refractivity contribution >= 4 is 43.6 Å². The van der Waals surface area contributed by atoms with Crippen molar-refractivity contribution in [2.24, 2.45) is 0 Å². The van der Waals surface area contributed by atoms with Gasteiger partial charge in [-0.1, -0.05) is 163 Å². The van der Waals surface area contributed by atoms with Gasteiger partial charge >= 0.3 is 0 Å². The number of aryl methyl sites for hydroxylation is 3. The molecule has 3 heterocycles. The van der Waals surface area contributed by atoms with Gasteiger partial charge in [0.15, 0.2) is 17.5 Å². The average Bonchev–Trinajstić information content (AvgIpc) is 3.87. The van der Waals surface area contributed by atoms with E-state index in [4.69, 9.17) is 15.0 Å². The van der Waals surface area contributed by atoms with Crippen LogP contribution in [0.1, 0.15) is 16.7 Å². The molecule has 0 amide bonds. The Bertz CT molecular complexity index is 3710. The van der Waals surface area contributed by atoms with E-state index in [9.17, 15) is 0 Å². The molecule has 3 aromatic heterocycles. The summed E-state index contributed by atoms with van der Waals surface area (Å²) in [5, 5.41) is 4.76. The van der Waals surface area contributed by atoms with Crippen molar-refractivity contribution < 1.29 is 0 Å². The molecule has 12 rings (SSSR count). The predicted molar refractivity (Wildman–Crippen MR) is 270 cm³/mol. The highest BCUT2D eigenvalue weighted by Crippen LogP contribution is 2.43. The number of hydrogen-bond donors (Lipinski definition) is 0. The van der Waals surface area contributed by atoms with E-state index in [1.165, 1.54) is 49.4 Å². The summed E-state index contributed by atoms with van der Waals surface area (Å²) in [7, 11) is 0. The van der Waals surface area contributed by atoms with Crippen LogP contribution in [0.3, 0.4) is 0 Å². The highest BCUT2D eigenvalue weighted by Gasteiger charge is 2.23. The van der Waals surface area contributed by atoms with E-state index >= 15 is 0 Å². The van der Waals surface area contributed by atoms with Gasteiger partial charge in [0.2, 0.25) is 0 Å². The summed E-state index contributed by atoms with van der Waals surface area (Å²) in [6.07, 6.45) is 0. The summed E-state index contributed by atoms with van der Waals surface area (Å²) >= 11 is 0. The fourth-order valence-corrected chi connectivity index (χ4v) is 10.1. The van der Waals surface area contributed by atoms with E-state index in [1.54, 1.807) is 0 Å². The van der Waals surface area contributed by atoms with Crippen LogP contribution in [-0.4, -0.2) is 24.1 Å². The van der Waals surface area contributed by atoms with Crippen LogP contribution in [0, 0.1) is 20.8 Å². The Labute approximate surface area is 377 Å². The molecule has 0 aliphatic heterocycles. The van der Waals surface area contributed by atoms with Crippen LogP contribution >= 0.6 is 0 Å². The molecule has 12 aromatic rings. The van der Waals surface area contributed by atoms with Crippen LogP contribution in [0.5, 0.6) is 0 Å². The molecule has 0 bridgehead atoms. The first-order valence-electron chi connectivity index (χ1n) is 22.2. The third kappa shape index (κ3) is 6.43. The van der Waals surface area contributed by atoms with E-state index in [2.05, 4.69) is 200 Å². The van der Waals surface area contributed by atoms with Gasteiger partial charge in [-0.15, -0.1) is 0 Å². The zero-order valence-corrected chi connectivity index (χ0v) is 36.4. The fourth-order valence-electron chi connectivity index (χ4n) is 10.1. The standard InChI is InChI=1S/C60H43N5/c1-38-34-39(2)56(40(3)35-38)44-30-32-48-47-24-13-15-27-51(47)65(55(48)37-44)53-33-31-43(46-26-17-29-54-57(46)49-25-14-16-28-52(49)64(54)45-22-11-6-12-23-45)36-50(53)60-62-58(41-18-7-4-8-19-41)61-59(63-60)42-20-9-5-10-21-42/h4-37H,1-3H3. The second kappa shape index (κ2) is 15.4.